The molecule has 1 heterocycles. The number of nitrogens with one attached hydrogen (secondary N) is 1. The molecule has 0 aromatic heterocycles. The summed E-state index contributed by atoms with van der Waals surface area (Å²) in [7, 11) is -2.58. The molecule has 0 bridgehead atoms. The molecule has 0 aromatic carbocycles. The van der Waals surface area contributed by atoms with Crippen LogP contribution in [0, 0.1) is 0 Å². The van der Waals surface area contributed by atoms with Crippen molar-refractivity contribution in [2.45, 2.75) is 95.4 Å². The van der Waals surface area contributed by atoms with Crippen molar-refractivity contribution in [1.82, 2.24) is 5.32 Å². The van der Waals surface area contributed by atoms with Crippen LogP contribution in [0.15, 0.2) is 11.8 Å². The Morgan fingerprint density at radius 2 is 1.70 bits per heavy atom. The number of allylic oxidation sites excluding steroid dienone is 1. The number of carbonyl (C=O) groups excluding carboxylic acids is 1. The van der Waals surface area contributed by atoms with Gasteiger partial charge in [0.15, 0.2) is 5.60 Å². The molecule has 1 amide bonds. The van der Waals surface area contributed by atoms with Gasteiger partial charge in [-0.05, 0) is 36.8 Å². The van der Waals surface area contributed by atoms with Gasteiger partial charge in [0, 0.05) is 5.04 Å². The summed E-state index contributed by atoms with van der Waals surface area (Å²) in [4.78, 5) is 23.5. The summed E-state index contributed by atoms with van der Waals surface area (Å²) in [5.74, 6) is 0. The molecule has 1 saturated carbocycles. The van der Waals surface area contributed by atoms with Crippen molar-refractivity contribution in [3.05, 3.63) is 11.8 Å². The molecule has 1 aliphatic carbocycles. The van der Waals surface area contributed by atoms with Gasteiger partial charge in [-0.15, -0.1) is 0 Å². The van der Waals surface area contributed by atoms with Crippen LogP contribution in [-0.2, 0) is 4.74 Å². The van der Waals surface area contributed by atoms with Gasteiger partial charge >= 0.3 is 6.09 Å². The van der Waals surface area contributed by atoms with E-state index in [1.54, 1.807) is 0 Å². The Hall–Kier alpha value is -0.813. The standard InChI is InChI=1S/C18H33NO3Si/c1-13(2)23(21,14(3)4)17(5,6)12-15-18(22-16(20)19-15)10-8-7-9-11-18/h12-14,21H,7-11H2,1-6H3,(H,19,20)/b15-12-. The number of hydrogen-bond donors (Lipinski definition) is 2. The van der Waals surface area contributed by atoms with Gasteiger partial charge in [0.05, 0.1) is 5.70 Å². The zero-order chi connectivity index (χ0) is 17.5. The Labute approximate surface area is 141 Å². The van der Waals surface area contributed by atoms with E-state index in [0.29, 0.717) is 0 Å². The Kier molecular flexibility index (Phi) is 5.03. The topological polar surface area (TPSA) is 58.6 Å². The van der Waals surface area contributed by atoms with Crippen LogP contribution in [0.5, 0.6) is 0 Å². The Morgan fingerprint density at radius 3 is 2.17 bits per heavy atom. The highest BCUT2D eigenvalue weighted by Gasteiger charge is 2.53. The fraction of sp³-hybridized carbons (Fsp3) is 0.833. The second kappa shape index (κ2) is 6.24. The molecule has 2 fully saturated rings. The molecule has 2 aliphatic rings. The fourth-order valence-corrected chi connectivity index (χ4v) is 9.46. The summed E-state index contributed by atoms with van der Waals surface area (Å²) in [5.41, 5.74) is 0.902. The molecule has 23 heavy (non-hydrogen) atoms. The van der Waals surface area contributed by atoms with E-state index in [4.69, 9.17) is 4.74 Å². The largest absolute Gasteiger partial charge is 0.436 e. The van der Waals surface area contributed by atoms with Crippen LogP contribution in [0.3, 0.4) is 0 Å². The predicted octanol–water partition coefficient (Wildman–Crippen LogP) is 4.85. The molecule has 1 saturated heterocycles. The lowest BCUT2D eigenvalue weighted by Crippen LogP contribution is -2.51. The average molecular weight is 340 g/mol. The summed E-state index contributed by atoms with van der Waals surface area (Å²) in [5, 5.41) is 2.59. The first-order valence-electron chi connectivity index (χ1n) is 9.01. The fourth-order valence-electron chi connectivity index (χ4n) is 4.77. The minimum absolute atomic E-state index is 0.245. The molecule has 0 aromatic rings. The molecule has 4 nitrogen and oxygen atoms in total. The zero-order valence-electron chi connectivity index (χ0n) is 15.5. The van der Waals surface area contributed by atoms with Crippen LogP contribution < -0.4 is 5.32 Å². The van der Waals surface area contributed by atoms with E-state index in [2.05, 4.69) is 52.9 Å². The maximum atomic E-state index is 11.9. The first-order valence-corrected chi connectivity index (χ1v) is 11.1. The maximum Gasteiger partial charge on any atom is 0.412 e. The molecule has 5 heteroatoms. The summed E-state index contributed by atoms with van der Waals surface area (Å²) in [6.07, 6.45) is 6.93. The summed E-state index contributed by atoms with van der Waals surface area (Å²) >= 11 is 0. The second-order valence-corrected chi connectivity index (χ2v) is 13.7. The van der Waals surface area contributed by atoms with Gasteiger partial charge in [0.25, 0.3) is 0 Å². The Balaban J connectivity index is 2.42. The normalized spacial score (nSPS) is 23.7. The molecule has 1 aliphatic heterocycles. The van der Waals surface area contributed by atoms with Gasteiger partial charge in [0.1, 0.15) is 0 Å². The van der Waals surface area contributed by atoms with E-state index in [1.165, 1.54) is 6.42 Å². The van der Waals surface area contributed by atoms with Gasteiger partial charge in [-0.1, -0.05) is 54.0 Å². The van der Waals surface area contributed by atoms with Gasteiger partial charge in [-0.25, -0.2) is 4.79 Å². The third-order valence-corrected chi connectivity index (χ3v) is 11.7. The van der Waals surface area contributed by atoms with Crippen molar-refractivity contribution in [3.63, 3.8) is 0 Å². The summed E-state index contributed by atoms with van der Waals surface area (Å²) in [6.45, 7) is 12.7. The van der Waals surface area contributed by atoms with E-state index < -0.39 is 13.9 Å². The molecule has 0 radical (unpaired) electrons. The van der Waals surface area contributed by atoms with E-state index in [1.807, 2.05) is 0 Å². The lowest BCUT2D eigenvalue weighted by Gasteiger charge is -2.45. The number of ether oxygens (including phenoxy) is 1. The maximum absolute atomic E-state index is 11.9. The van der Waals surface area contributed by atoms with Crippen molar-refractivity contribution in [3.8, 4) is 0 Å². The minimum atomic E-state index is -2.58. The van der Waals surface area contributed by atoms with Crippen molar-refractivity contribution >= 4 is 14.4 Å². The third kappa shape index (κ3) is 3.10. The van der Waals surface area contributed by atoms with Crippen molar-refractivity contribution in [2.75, 3.05) is 0 Å². The predicted molar refractivity (Wildman–Crippen MR) is 95.7 cm³/mol. The molecule has 2 rings (SSSR count). The van der Waals surface area contributed by atoms with Gasteiger partial charge in [0.2, 0.25) is 8.32 Å². The molecule has 2 N–H and O–H groups in total. The monoisotopic (exact) mass is 339 g/mol. The number of rotatable bonds is 4. The second-order valence-electron chi connectivity index (χ2n) is 8.48. The van der Waals surface area contributed by atoms with E-state index in [0.717, 1.165) is 31.4 Å². The molecular weight excluding hydrogens is 306 g/mol. The first-order chi connectivity index (χ1) is 10.5. The third-order valence-electron chi connectivity index (χ3n) is 5.97. The SMILES string of the molecule is CC(C)[Si](O)(C(C)C)C(C)(C)/C=C1\NC(=O)OC12CCCCC2. The first kappa shape index (κ1) is 18.5. The number of amides is 1. The summed E-state index contributed by atoms with van der Waals surface area (Å²) in [6, 6.07) is 0. The quantitative estimate of drug-likeness (QED) is 0.720. The van der Waals surface area contributed by atoms with Crippen LogP contribution in [0.4, 0.5) is 4.79 Å². The minimum Gasteiger partial charge on any atom is -0.436 e. The molecular formula is C18H33NO3Si. The highest BCUT2D eigenvalue weighted by molar-refractivity contribution is 6.78. The zero-order valence-corrected chi connectivity index (χ0v) is 16.5. The van der Waals surface area contributed by atoms with Crippen molar-refractivity contribution in [2.24, 2.45) is 0 Å². The average Bonchev–Trinajstić information content (AvgIpc) is 2.72. The molecule has 132 valence electrons. The lowest BCUT2D eigenvalue weighted by atomic mass is 9.82. The number of hydrogen-bond acceptors (Lipinski definition) is 3. The van der Waals surface area contributed by atoms with Crippen LogP contribution >= 0.6 is 0 Å². The van der Waals surface area contributed by atoms with E-state index >= 15 is 0 Å². The smallest absolute Gasteiger partial charge is 0.412 e. The van der Waals surface area contributed by atoms with Crippen LogP contribution in [-0.4, -0.2) is 24.8 Å². The Bertz CT molecular complexity index is 482. The highest BCUT2D eigenvalue weighted by Crippen LogP contribution is 2.52. The van der Waals surface area contributed by atoms with E-state index in [9.17, 15) is 9.59 Å². The van der Waals surface area contributed by atoms with Crippen LogP contribution in [0.1, 0.15) is 73.6 Å². The number of alkyl carbamates (subject to hydrolysis) is 1. The van der Waals surface area contributed by atoms with Crippen molar-refractivity contribution in [1.29, 1.82) is 0 Å². The van der Waals surface area contributed by atoms with Gasteiger partial charge in [-0.3, -0.25) is 5.32 Å². The molecule has 1 spiro atoms. The van der Waals surface area contributed by atoms with Gasteiger partial charge in [-0.2, -0.15) is 0 Å². The summed E-state index contributed by atoms with van der Waals surface area (Å²) < 4.78 is 5.70. The molecule has 0 unspecified atom stereocenters. The van der Waals surface area contributed by atoms with Crippen molar-refractivity contribution < 1.29 is 14.3 Å². The van der Waals surface area contributed by atoms with E-state index in [-0.39, 0.29) is 22.2 Å². The number of carbonyl (C=O) groups is 1. The highest BCUT2D eigenvalue weighted by atomic mass is 28.4. The van der Waals surface area contributed by atoms with Crippen LogP contribution in [0.25, 0.3) is 0 Å². The molecule has 0 atom stereocenters. The lowest BCUT2D eigenvalue weighted by molar-refractivity contribution is 0.0404. The van der Waals surface area contributed by atoms with Crippen LogP contribution in [0.2, 0.25) is 16.1 Å². The van der Waals surface area contributed by atoms with Gasteiger partial charge < -0.3 is 9.53 Å². The Morgan fingerprint density at radius 1 is 1.17 bits per heavy atom.